The number of aliphatic hydroxyl groups is 1. The second-order valence-corrected chi connectivity index (χ2v) is 6.20. The Labute approximate surface area is 112 Å². The average Bonchev–Trinajstić information content (AvgIpc) is 2.97. The SMILES string of the molecule is OC(Cc1cccc(F)c1Cl)C1CC2CCC1C2. The Morgan fingerprint density at radius 2 is 2.17 bits per heavy atom. The van der Waals surface area contributed by atoms with Gasteiger partial charge in [0.15, 0.2) is 0 Å². The predicted octanol–water partition coefficient (Wildman–Crippen LogP) is 3.82. The zero-order valence-corrected chi connectivity index (χ0v) is 11.0. The second-order valence-electron chi connectivity index (χ2n) is 5.82. The molecule has 0 radical (unpaired) electrons. The number of benzene rings is 1. The first-order valence-corrected chi connectivity index (χ1v) is 7.14. The maximum atomic E-state index is 13.3. The molecule has 2 bridgehead atoms. The first kappa shape index (κ1) is 12.4. The summed E-state index contributed by atoms with van der Waals surface area (Å²) in [6.45, 7) is 0. The van der Waals surface area contributed by atoms with E-state index in [4.69, 9.17) is 11.6 Å². The van der Waals surface area contributed by atoms with Gasteiger partial charge in [0.1, 0.15) is 5.82 Å². The van der Waals surface area contributed by atoms with Gasteiger partial charge in [-0.05, 0) is 48.6 Å². The number of hydrogen-bond acceptors (Lipinski definition) is 1. The van der Waals surface area contributed by atoms with E-state index in [0.29, 0.717) is 18.3 Å². The predicted molar refractivity (Wildman–Crippen MR) is 70.1 cm³/mol. The molecule has 2 saturated carbocycles. The number of hydrogen-bond donors (Lipinski definition) is 1. The van der Waals surface area contributed by atoms with Crippen molar-refractivity contribution in [2.24, 2.45) is 17.8 Å². The Morgan fingerprint density at radius 1 is 1.33 bits per heavy atom. The lowest BCUT2D eigenvalue weighted by Gasteiger charge is -2.27. The summed E-state index contributed by atoms with van der Waals surface area (Å²) in [6, 6.07) is 4.82. The van der Waals surface area contributed by atoms with Crippen molar-refractivity contribution in [3.63, 3.8) is 0 Å². The normalized spacial score (nSPS) is 31.8. The lowest BCUT2D eigenvalue weighted by atomic mass is 9.82. The Kier molecular flexibility index (Phi) is 3.33. The quantitative estimate of drug-likeness (QED) is 0.884. The van der Waals surface area contributed by atoms with Gasteiger partial charge in [-0.1, -0.05) is 30.2 Å². The van der Waals surface area contributed by atoms with Crippen LogP contribution in [0.1, 0.15) is 31.2 Å². The molecule has 0 spiro atoms. The van der Waals surface area contributed by atoms with Gasteiger partial charge < -0.3 is 5.11 Å². The van der Waals surface area contributed by atoms with Crippen LogP contribution in [-0.4, -0.2) is 11.2 Å². The molecule has 0 aromatic heterocycles. The summed E-state index contributed by atoms with van der Waals surface area (Å²) in [5.41, 5.74) is 0.729. The van der Waals surface area contributed by atoms with E-state index in [-0.39, 0.29) is 11.1 Å². The first-order valence-electron chi connectivity index (χ1n) is 6.76. The van der Waals surface area contributed by atoms with Crippen LogP contribution in [0.5, 0.6) is 0 Å². The zero-order valence-electron chi connectivity index (χ0n) is 10.3. The third-order valence-electron chi connectivity index (χ3n) is 4.75. The maximum absolute atomic E-state index is 13.3. The molecule has 1 nitrogen and oxygen atoms in total. The smallest absolute Gasteiger partial charge is 0.142 e. The van der Waals surface area contributed by atoms with E-state index in [1.165, 1.54) is 25.3 Å². The molecule has 0 heterocycles. The topological polar surface area (TPSA) is 20.2 Å². The van der Waals surface area contributed by atoms with Gasteiger partial charge in [0.2, 0.25) is 0 Å². The molecule has 0 aliphatic heterocycles. The van der Waals surface area contributed by atoms with Gasteiger partial charge in [-0.3, -0.25) is 0 Å². The monoisotopic (exact) mass is 268 g/mol. The minimum absolute atomic E-state index is 0.166. The summed E-state index contributed by atoms with van der Waals surface area (Å²) >= 11 is 5.94. The molecule has 3 heteroatoms. The van der Waals surface area contributed by atoms with Crippen LogP contribution >= 0.6 is 11.6 Å². The summed E-state index contributed by atoms with van der Waals surface area (Å²) in [7, 11) is 0. The van der Waals surface area contributed by atoms with E-state index < -0.39 is 5.82 Å². The van der Waals surface area contributed by atoms with E-state index in [9.17, 15) is 9.50 Å². The number of fused-ring (bicyclic) bond motifs is 2. The molecule has 3 rings (SSSR count). The van der Waals surface area contributed by atoms with Crippen molar-refractivity contribution in [3.05, 3.63) is 34.6 Å². The van der Waals surface area contributed by atoms with Gasteiger partial charge in [0.05, 0.1) is 11.1 Å². The number of rotatable bonds is 3. The fourth-order valence-electron chi connectivity index (χ4n) is 3.85. The van der Waals surface area contributed by atoms with E-state index in [2.05, 4.69) is 0 Å². The van der Waals surface area contributed by atoms with Crippen molar-refractivity contribution < 1.29 is 9.50 Å². The van der Waals surface area contributed by atoms with Crippen LogP contribution < -0.4 is 0 Å². The number of halogens is 2. The lowest BCUT2D eigenvalue weighted by molar-refractivity contribution is 0.0750. The summed E-state index contributed by atoms with van der Waals surface area (Å²) < 4.78 is 13.3. The summed E-state index contributed by atoms with van der Waals surface area (Å²) in [6.07, 6.45) is 5.10. The Bertz CT molecular complexity index is 448. The van der Waals surface area contributed by atoms with Gasteiger partial charge in [-0.25, -0.2) is 4.39 Å². The summed E-state index contributed by atoms with van der Waals surface area (Å²) in [5.74, 6) is 1.49. The maximum Gasteiger partial charge on any atom is 0.142 e. The van der Waals surface area contributed by atoms with Crippen LogP contribution in [0, 0.1) is 23.6 Å². The van der Waals surface area contributed by atoms with Crippen molar-refractivity contribution in [3.8, 4) is 0 Å². The molecule has 98 valence electrons. The van der Waals surface area contributed by atoms with Crippen LogP contribution in [0.3, 0.4) is 0 Å². The number of aliphatic hydroxyl groups excluding tert-OH is 1. The molecule has 4 atom stereocenters. The fourth-order valence-corrected chi connectivity index (χ4v) is 4.05. The average molecular weight is 269 g/mol. The highest BCUT2D eigenvalue weighted by atomic mass is 35.5. The van der Waals surface area contributed by atoms with Crippen LogP contribution in [-0.2, 0) is 6.42 Å². The largest absolute Gasteiger partial charge is 0.392 e. The zero-order chi connectivity index (χ0) is 12.7. The first-order chi connectivity index (χ1) is 8.65. The van der Waals surface area contributed by atoms with Gasteiger partial charge in [-0.2, -0.15) is 0 Å². The van der Waals surface area contributed by atoms with Crippen molar-refractivity contribution >= 4 is 11.6 Å². The third kappa shape index (κ3) is 2.17. The minimum atomic E-state index is -0.394. The van der Waals surface area contributed by atoms with Crippen LogP contribution in [0.15, 0.2) is 18.2 Å². The Hall–Kier alpha value is -0.600. The van der Waals surface area contributed by atoms with Crippen LogP contribution in [0.25, 0.3) is 0 Å². The minimum Gasteiger partial charge on any atom is -0.392 e. The van der Waals surface area contributed by atoms with Gasteiger partial charge in [0.25, 0.3) is 0 Å². The molecule has 1 aromatic carbocycles. The van der Waals surface area contributed by atoms with Gasteiger partial charge in [0, 0.05) is 6.42 Å². The highest BCUT2D eigenvalue weighted by Gasteiger charge is 2.42. The van der Waals surface area contributed by atoms with Crippen molar-refractivity contribution in [2.75, 3.05) is 0 Å². The van der Waals surface area contributed by atoms with E-state index in [1.54, 1.807) is 6.07 Å². The van der Waals surface area contributed by atoms with Crippen LogP contribution in [0.4, 0.5) is 4.39 Å². The molecule has 2 aliphatic carbocycles. The van der Waals surface area contributed by atoms with Gasteiger partial charge in [-0.15, -0.1) is 0 Å². The van der Waals surface area contributed by atoms with E-state index in [1.807, 2.05) is 6.07 Å². The van der Waals surface area contributed by atoms with E-state index >= 15 is 0 Å². The van der Waals surface area contributed by atoms with Crippen molar-refractivity contribution in [1.29, 1.82) is 0 Å². The fraction of sp³-hybridized carbons (Fsp3) is 0.600. The molecule has 4 unspecified atom stereocenters. The molecule has 1 N–H and O–H groups in total. The highest BCUT2D eigenvalue weighted by Crippen LogP contribution is 2.50. The van der Waals surface area contributed by atoms with Crippen LogP contribution in [0.2, 0.25) is 5.02 Å². The van der Waals surface area contributed by atoms with Gasteiger partial charge >= 0.3 is 0 Å². The highest BCUT2D eigenvalue weighted by molar-refractivity contribution is 6.31. The molecule has 0 amide bonds. The lowest BCUT2D eigenvalue weighted by Crippen LogP contribution is -2.27. The van der Waals surface area contributed by atoms with E-state index in [0.717, 1.165) is 17.9 Å². The molecule has 1 aromatic rings. The molecule has 2 fully saturated rings. The van der Waals surface area contributed by atoms with Crippen molar-refractivity contribution in [2.45, 2.75) is 38.2 Å². The molecule has 18 heavy (non-hydrogen) atoms. The standard InChI is InChI=1S/C15H18ClFO/c16-15-11(2-1-3-13(15)17)8-14(18)12-7-9-4-5-10(12)6-9/h1-3,9-10,12,14,18H,4-8H2. The molecular weight excluding hydrogens is 251 g/mol. The van der Waals surface area contributed by atoms with Crippen molar-refractivity contribution in [1.82, 2.24) is 0 Å². The molecule has 2 aliphatic rings. The Balaban J connectivity index is 1.71. The molecular formula is C15H18ClFO. The summed E-state index contributed by atoms with van der Waals surface area (Å²) in [4.78, 5) is 0. The Morgan fingerprint density at radius 3 is 2.83 bits per heavy atom. The second kappa shape index (κ2) is 4.82. The summed E-state index contributed by atoms with van der Waals surface area (Å²) in [5, 5.41) is 10.5. The molecule has 0 saturated heterocycles. The third-order valence-corrected chi connectivity index (χ3v) is 5.17.